The van der Waals surface area contributed by atoms with Gasteiger partial charge in [0.15, 0.2) is 0 Å². The number of rotatable bonds is 3. The van der Waals surface area contributed by atoms with E-state index in [9.17, 15) is 4.79 Å². The largest absolute Gasteiger partial charge is 0.493 e. The first-order valence-electron chi connectivity index (χ1n) is 8.42. The molecule has 126 valence electrons. The van der Waals surface area contributed by atoms with Crippen LogP contribution in [0.15, 0.2) is 24.3 Å². The summed E-state index contributed by atoms with van der Waals surface area (Å²) in [7, 11) is 2.20. The van der Waals surface area contributed by atoms with Crippen LogP contribution in [0.1, 0.15) is 39.5 Å². The molecule has 1 aromatic heterocycles. The molecule has 0 fully saturated rings. The van der Waals surface area contributed by atoms with Crippen molar-refractivity contribution < 1.29 is 14.4 Å². The topological polar surface area (TPSA) is 54.8 Å². The van der Waals surface area contributed by atoms with Crippen LogP contribution in [0.3, 0.4) is 0 Å². The normalized spacial score (nSPS) is 22.2. The van der Waals surface area contributed by atoms with E-state index in [0.29, 0.717) is 6.61 Å². The van der Waals surface area contributed by atoms with E-state index in [-0.39, 0.29) is 12.1 Å². The predicted molar refractivity (Wildman–Crippen MR) is 94.9 cm³/mol. The second-order valence-electron chi connectivity index (χ2n) is 6.36. The van der Waals surface area contributed by atoms with Crippen molar-refractivity contribution in [3.8, 4) is 5.75 Å². The van der Waals surface area contributed by atoms with Crippen molar-refractivity contribution in [3.63, 3.8) is 0 Å². The average Bonchev–Trinajstić information content (AvgIpc) is 2.93. The van der Waals surface area contributed by atoms with Crippen molar-refractivity contribution >= 4 is 22.2 Å². The van der Waals surface area contributed by atoms with Crippen molar-refractivity contribution in [2.75, 3.05) is 25.5 Å². The van der Waals surface area contributed by atoms with Crippen molar-refractivity contribution in [3.05, 3.63) is 45.8 Å². The van der Waals surface area contributed by atoms with Gasteiger partial charge in [-0.15, -0.1) is 11.3 Å². The summed E-state index contributed by atoms with van der Waals surface area (Å²) in [5.41, 5.74) is 3.06. The number of carbonyl (C=O) groups excluding carboxylic acids is 1. The van der Waals surface area contributed by atoms with Crippen molar-refractivity contribution in [2.24, 2.45) is 0 Å². The Morgan fingerprint density at radius 2 is 2.17 bits per heavy atom. The number of ether oxygens (including phenoxy) is 1. The van der Waals surface area contributed by atoms with Gasteiger partial charge in [-0.05, 0) is 18.6 Å². The van der Waals surface area contributed by atoms with Gasteiger partial charge in [0.05, 0.1) is 30.6 Å². The summed E-state index contributed by atoms with van der Waals surface area (Å²) in [5, 5.41) is 7.61. The zero-order valence-electron chi connectivity index (χ0n) is 13.9. The lowest BCUT2D eigenvalue weighted by atomic mass is 10.0. The molecule has 24 heavy (non-hydrogen) atoms. The maximum absolute atomic E-state index is 12.8. The quantitative estimate of drug-likeness (QED) is 0.792. The van der Waals surface area contributed by atoms with Gasteiger partial charge in [-0.2, -0.15) is 0 Å². The molecular weight excluding hydrogens is 322 g/mol. The molecule has 0 saturated heterocycles. The zero-order chi connectivity index (χ0) is 16.7. The van der Waals surface area contributed by atoms with E-state index < -0.39 is 0 Å². The maximum Gasteiger partial charge on any atom is 0.256 e. The number of nitrogens with one attached hydrogen (secondary N) is 3. The van der Waals surface area contributed by atoms with Gasteiger partial charge in [-0.3, -0.25) is 4.79 Å². The fourth-order valence-electron chi connectivity index (χ4n) is 3.49. The number of hydrogen-bond acceptors (Lipinski definition) is 4. The van der Waals surface area contributed by atoms with Crippen LogP contribution < -0.4 is 20.3 Å². The van der Waals surface area contributed by atoms with E-state index in [0.717, 1.165) is 41.4 Å². The Labute approximate surface area is 145 Å². The molecule has 0 spiro atoms. The number of amides is 1. The van der Waals surface area contributed by atoms with E-state index in [4.69, 9.17) is 4.74 Å². The molecule has 0 aliphatic carbocycles. The number of carbonyl (C=O) groups is 1. The minimum Gasteiger partial charge on any atom is -0.493 e. The van der Waals surface area contributed by atoms with Crippen LogP contribution in [0, 0.1) is 0 Å². The molecule has 1 amide bonds. The maximum atomic E-state index is 12.8. The summed E-state index contributed by atoms with van der Waals surface area (Å²) >= 11 is 1.73. The van der Waals surface area contributed by atoms with Crippen molar-refractivity contribution in [2.45, 2.75) is 26.1 Å². The van der Waals surface area contributed by atoms with Gasteiger partial charge in [-0.25, -0.2) is 0 Å². The molecule has 2 atom stereocenters. The van der Waals surface area contributed by atoms with Crippen molar-refractivity contribution in [1.82, 2.24) is 5.32 Å². The molecule has 2 aliphatic heterocycles. The first-order chi connectivity index (χ1) is 11.7. The molecular formula is C18H22N3O2S+. The Morgan fingerprint density at radius 1 is 1.33 bits per heavy atom. The van der Waals surface area contributed by atoms with Crippen LogP contribution in [0.5, 0.6) is 5.75 Å². The summed E-state index contributed by atoms with van der Waals surface area (Å²) in [6.07, 6.45) is 0.723. The number of likely N-dealkylation sites (N-methyl/N-ethyl adjacent to an activating group) is 1. The average molecular weight is 344 g/mol. The smallest absolute Gasteiger partial charge is 0.256 e. The van der Waals surface area contributed by atoms with E-state index in [1.54, 1.807) is 11.3 Å². The highest BCUT2D eigenvalue weighted by Crippen LogP contribution is 2.40. The highest BCUT2D eigenvalue weighted by Gasteiger charge is 2.34. The summed E-state index contributed by atoms with van der Waals surface area (Å²) in [5.74, 6) is 0.837. The lowest BCUT2D eigenvalue weighted by Gasteiger charge is -2.28. The van der Waals surface area contributed by atoms with Crippen LogP contribution >= 0.6 is 11.3 Å². The highest BCUT2D eigenvalue weighted by molar-refractivity contribution is 7.16. The Kier molecular flexibility index (Phi) is 3.94. The van der Waals surface area contributed by atoms with Gasteiger partial charge >= 0.3 is 0 Å². The molecule has 3 N–H and O–H groups in total. The SMILES string of the molecule is CCOc1ccccc1C1NC(=O)c2c(sc3c2CC[NH+](C)C3)N1. The van der Waals surface area contributed by atoms with Gasteiger partial charge < -0.3 is 20.3 Å². The highest BCUT2D eigenvalue weighted by atomic mass is 32.1. The number of fused-ring (bicyclic) bond motifs is 3. The van der Waals surface area contributed by atoms with E-state index in [1.807, 2.05) is 31.2 Å². The zero-order valence-corrected chi connectivity index (χ0v) is 14.8. The Morgan fingerprint density at radius 3 is 3.00 bits per heavy atom. The molecule has 2 aliphatic rings. The summed E-state index contributed by atoms with van der Waals surface area (Å²) in [4.78, 5) is 15.6. The van der Waals surface area contributed by atoms with Crippen LogP contribution in [-0.2, 0) is 13.0 Å². The first-order valence-corrected chi connectivity index (χ1v) is 9.24. The number of benzene rings is 1. The first kappa shape index (κ1) is 15.5. The fourth-order valence-corrected chi connectivity index (χ4v) is 4.88. The van der Waals surface area contributed by atoms with E-state index >= 15 is 0 Å². The number of anilines is 1. The van der Waals surface area contributed by atoms with Crippen LogP contribution in [-0.4, -0.2) is 26.1 Å². The summed E-state index contributed by atoms with van der Waals surface area (Å²) in [6.45, 7) is 4.65. The Balaban J connectivity index is 1.69. The van der Waals surface area contributed by atoms with Gasteiger partial charge in [0.1, 0.15) is 23.5 Å². The molecule has 0 saturated carbocycles. The van der Waals surface area contributed by atoms with Crippen LogP contribution in [0.25, 0.3) is 0 Å². The monoisotopic (exact) mass is 344 g/mol. The Hall–Kier alpha value is -2.05. The second kappa shape index (κ2) is 6.11. The van der Waals surface area contributed by atoms with Gasteiger partial charge in [0.25, 0.3) is 5.91 Å². The molecule has 6 heteroatoms. The standard InChI is InChI=1S/C18H21N3O2S/c1-3-23-13-7-5-4-6-11(13)16-19-17(22)15-12-8-9-21(2)10-14(12)24-18(15)20-16/h4-7,16,20H,3,8-10H2,1-2H3,(H,19,22)/p+1. The molecule has 2 unspecified atom stereocenters. The predicted octanol–water partition coefficient (Wildman–Crippen LogP) is 1.57. The lowest BCUT2D eigenvalue weighted by molar-refractivity contribution is -0.895. The molecule has 0 radical (unpaired) electrons. The molecule has 4 rings (SSSR count). The Bertz CT molecular complexity index is 787. The molecule has 0 bridgehead atoms. The van der Waals surface area contributed by atoms with E-state index in [1.165, 1.54) is 15.3 Å². The minimum absolute atomic E-state index is 0.0251. The van der Waals surface area contributed by atoms with Crippen LogP contribution in [0.2, 0.25) is 0 Å². The third-order valence-corrected chi connectivity index (χ3v) is 5.83. The summed E-state index contributed by atoms with van der Waals surface area (Å²) < 4.78 is 5.72. The number of hydrogen-bond donors (Lipinski definition) is 3. The number of thiophene rings is 1. The third-order valence-electron chi connectivity index (χ3n) is 4.66. The third kappa shape index (κ3) is 2.56. The van der Waals surface area contributed by atoms with Crippen LogP contribution in [0.4, 0.5) is 5.00 Å². The van der Waals surface area contributed by atoms with Gasteiger partial charge in [0, 0.05) is 12.0 Å². The van der Waals surface area contributed by atoms with Gasteiger partial charge in [0.2, 0.25) is 0 Å². The van der Waals surface area contributed by atoms with Gasteiger partial charge in [-0.1, -0.05) is 18.2 Å². The fraction of sp³-hybridized carbons (Fsp3) is 0.389. The molecule has 5 nitrogen and oxygen atoms in total. The van der Waals surface area contributed by atoms with E-state index in [2.05, 4.69) is 17.7 Å². The number of quaternary nitrogens is 1. The lowest BCUT2D eigenvalue weighted by Crippen LogP contribution is -3.08. The molecule has 2 aromatic rings. The summed E-state index contributed by atoms with van der Waals surface area (Å²) in [6, 6.07) is 7.87. The minimum atomic E-state index is -0.252. The molecule has 1 aromatic carbocycles. The second-order valence-corrected chi connectivity index (χ2v) is 7.47. The van der Waals surface area contributed by atoms with Crippen molar-refractivity contribution in [1.29, 1.82) is 0 Å². The molecule has 3 heterocycles. The number of para-hydroxylation sites is 1.